The lowest BCUT2D eigenvalue weighted by Gasteiger charge is -2.10. The summed E-state index contributed by atoms with van der Waals surface area (Å²) in [6.07, 6.45) is 6.18. The lowest BCUT2D eigenvalue weighted by molar-refractivity contribution is 0.568. The minimum Gasteiger partial charge on any atom is -0.472 e. The van der Waals surface area contributed by atoms with Crippen LogP contribution in [0.3, 0.4) is 0 Å². The van der Waals surface area contributed by atoms with Gasteiger partial charge < -0.3 is 8.98 Å². The summed E-state index contributed by atoms with van der Waals surface area (Å²) in [4.78, 5) is 18.3. The molecule has 0 N–H and O–H groups in total. The van der Waals surface area contributed by atoms with Crippen molar-refractivity contribution >= 4 is 21.7 Å². The molecule has 1 aliphatic carbocycles. The largest absolute Gasteiger partial charge is 0.472 e. The topological polar surface area (TPSA) is 48.0 Å². The molecule has 4 heteroatoms. The summed E-state index contributed by atoms with van der Waals surface area (Å²) in [5.41, 5.74) is 3.95. The smallest absolute Gasteiger partial charge is 0.259 e. The number of hydrogen-bond donors (Lipinski definition) is 0. The molecular formula is C25H18N2O2. The molecule has 0 unspecified atom stereocenters. The molecule has 5 aromatic rings. The SMILES string of the molecule is O=c1c2c(-c3ccoc3)cccc2ccn1[C@@H]1C[C@H]1c1ccc2ccccc2n1. The highest BCUT2D eigenvalue weighted by Gasteiger charge is 2.41. The number of benzene rings is 2. The van der Waals surface area contributed by atoms with Crippen molar-refractivity contribution in [2.24, 2.45) is 0 Å². The van der Waals surface area contributed by atoms with Crippen molar-refractivity contribution in [1.29, 1.82) is 0 Å². The van der Waals surface area contributed by atoms with Crippen molar-refractivity contribution in [3.8, 4) is 11.1 Å². The van der Waals surface area contributed by atoms with E-state index in [0.29, 0.717) is 0 Å². The van der Waals surface area contributed by atoms with Crippen LogP contribution >= 0.6 is 0 Å². The maximum Gasteiger partial charge on any atom is 0.259 e. The van der Waals surface area contributed by atoms with Crippen molar-refractivity contribution in [1.82, 2.24) is 9.55 Å². The highest BCUT2D eigenvalue weighted by Crippen LogP contribution is 2.50. The quantitative estimate of drug-likeness (QED) is 0.414. The lowest BCUT2D eigenvalue weighted by Crippen LogP contribution is -2.19. The van der Waals surface area contributed by atoms with E-state index in [4.69, 9.17) is 9.40 Å². The number of nitrogens with zero attached hydrogens (tertiary/aromatic N) is 2. The van der Waals surface area contributed by atoms with Crippen LogP contribution in [0.4, 0.5) is 0 Å². The van der Waals surface area contributed by atoms with E-state index in [2.05, 4.69) is 18.2 Å². The number of aromatic nitrogens is 2. The second kappa shape index (κ2) is 6.17. The Balaban J connectivity index is 1.43. The van der Waals surface area contributed by atoms with E-state index in [1.807, 2.05) is 59.3 Å². The molecule has 0 bridgehead atoms. The second-order valence-corrected chi connectivity index (χ2v) is 7.65. The minimum atomic E-state index is 0.0487. The van der Waals surface area contributed by atoms with Crippen LogP contribution in [0.15, 0.2) is 94.7 Å². The minimum absolute atomic E-state index is 0.0487. The first kappa shape index (κ1) is 16.3. The van der Waals surface area contributed by atoms with Crippen molar-refractivity contribution < 1.29 is 4.42 Å². The van der Waals surface area contributed by atoms with E-state index in [1.165, 1.54) is 0 Å². The number of pyridine rings is 2. The molecule has 3 heterocycles. The molecule has 0 saturated heterocycles. The third-order valence-electron chi connectivity index (χ3n) is 5.91. The fraction of sp³-hybridized carbons (Fsp3) is 0.120. The first-order chi connectivity index (χ1) is 14.3. The molecule has 1 fully saturated rings. The van der Waals surface area contributed by atoms with Gasteiger partial charge >= 0.3 is 0 Å². The highest BCUT2D eigenvalue weighted by molar-refractivity contribution is 5.95. The molecule has 140 valence electrons. The second-order valence-electron chi connectivity index (χ2n) is 7.65. The molecule has 6 rings (SSSR count). The zero-order valence-electron chi connectivity index (χ0n) is 15.7. The third kappa shape index (κ3) is 2.60. The third-order valence-corrected chi connectivity index (χ3v) is 5.91. The molecule has 1 aliphatic rings. The molecule has 1 saturated carbocycles. The molecular weight excluding hydrogens is 360 g/mol. The van der Waals surface area contributed by atoms with Crippen molar-refractivity contribution in [2.75, 3.05) is 0 Å². The van der Waals surface area contributed by atoms with Gasteiger partial charge in [-0.1, -0.05) is 42.5 Å². The Labute approximate surface area is 167 Å². The molecule has 0 spiro atoms. The first-order valence-corrected chi connectivity index (χ1v) is 9.82. The molecule has 2 aromatic carbocycles. The Morgan fingerprint density at radius 1 is 0.931 bits per heavy atom. The average Bonchev–Trinajstić information content (AvgIpc) is 3.36. The highest BCUT2D eigenvalue weighted by atomic mass is 16.3. The Hall–Kier alpha value is -3.66. The Morgan fingerprint density at radius 2 is 1.83 bits per heavy atom. The summed E-state index contributed by atoms with van der Waals surface area (Å²) in [5.74, 6) is 0.274. The number of fused-ring (bicyclic) bond motifs is 2. The van der Waals surface area contributed by atoms with Crippen molar-refractivity contribution in [3.05, 3.63) is 102 Å². The van der Waals surface area contributed by atoms with Gasteiger partial charge in [-0.3, -0.25) is 9.78 Å². The lowest BCUT2D eigenvalue weighted by atomic mass is 10.0. The monoisotopic (exact) mass is 378 g/mol. The molecule has 0 radical (unpaired) electrons. The zero-order valence-corrected chi connectivity index (χ0v) is 15.7. The summed E-state index contributed by atoms with van der Waals surface area (Å²) >= 11 is 0. The number of furan rings is 1. The van der Waals surface area contributed by atoms with Crippen LogP contribution in [0.1, 0.15) is 24.1 Å². The molecule has 0 aliphatic heterocycles. The van der Waals surface area contributed by atoms with Crippen molar-refractivity contribution in [3.63, 3.8) is 0 Å². The van der Waals surface area contributed by atoms with Gasteiger partial charge in [-0.05, 0) is 41.6 Å². The maximum atomic E-state index is 13.4. The summed E-state index contributed by atoms with van der Waals surface area (Å²) in [7, 11) is 0. The van der Waals surface area contributed by atoms with E-state index in [-0.39, 0.29) is 17.5 Å². The fourth-order valence-electron chi connectivity index (χ4n) is 4.32. The summed E-state index contributed by atoms with van der Waals surface area (Å²) in [6, 6.07) is 22.4. The Bertz CT molecular complexity index is 1420. The van der Waals surface area contributed by atoms with Crippen LogP contribution < -0.4 is 5.56 Å². The standard InChI is InChI=1S/C25H18N2O2/c28-25-24-17(5-3-6-19(24)18-11-13-29-15-18)10-12-27(25)23-14-20(23)22-9-8-16-4-1-2-7-21(16)26-22/h1-13,15,20,23H,14H2/t20-,23+/m0/s1. The first-order valence-electron chi connectivity index (χ1n) is 9.82. The van der Waals surface area contributed by atoms with Crippen LogP contribution in [-0.2, 0) is 0 Å². The summed E-state index contributed by atoms with van der Waals surface area (Å²) < 4.78 is 7.12. The normalized spacial score (nSPS) is 18.3. The fourth-order valence-corrected chi connectivity index (χ4v) is 4.32. The summed E-state index contributed by atoms with van der Waals surface area (Å²) in [6.45, 7) is 0. The van der Waals surface area contributed by atoms with E-state index < -0.39 is 0 Å². The van der Waals surface area contributed by atoms with Gasteiger partial charge in [0.1, 0.15) is 0 Å². The number of hydrogen-bond acceptors (Lipinski definition) is 3. The van der Waals surface area contributed by atoms with Gasteiger partial charge in [-0.25, -0.2) is 0 Å². The van der Waals surface area contributed by atoms with Gasteiger partial charge in [0, 0.05) is 34.8 Å². The van der Waals surface area contributed by atoms with Gasteiger partial charge in [0.15, 0.2) is 0 Å². The molecule has 29 heavy (non-hydrogen) atoms. The van der Waals surface area contributed by atoms with Gasteiger partial charge in [0.2, 0.25) is 0 Å². The van der Waals surface area contributed by atoms with Gasteiger partial charge in [0.25, 0.3) is 5.56 Å². The van der Waals surface area contributed by atoms with Crippen LogP contribution in [0.2, 0.25) is 0 Å². The molecule has 0 amide bonds. The molecule has 4 nitrogen and oxygen atoms in total. The zero-order chi connectivity index (χ0) is 19.4. The Morgan fingerprint density at radius 3 is 2.72 bits per heavy atom. The van der Waals surface area contributed by atoms with E-state index >= 15 is 0 Å². The molecule has 2 atom stereocenters. The van der Waals surface area contributed by atoms with E-state index in [1.54, 1.807) is 12.5 Å². The van der Waals surface area contributed by atoms with Crippen LogP contribution in [-0.4, -0.2) is 9.55 Å². The van der Waals surface area contributed by atoms with Gasteiger partial charge in [0.05, 0.1) is 23.4 Å². The van der Waals surface area contributed by atoms with E-state index in [9.17, 15) is 4.79 Å². The summed E-state index contributed by atoms with van der Waals surface area (Å²) in [5, 5.41) is 2.83. The van der Waals surface area contributed by atoms with Gasteiger partial charge in [-0.2, -0.15) is 0 Å². The maximum absolute atomic E-state index is 13.4. The van der Waals surface area contributed by atoms with Gasteiger partial charge in [-0.15, -0.1) is 0 Å². The number of para-hydroxylation sites is 1. The van der Waals surface area contributed by atoms with E-state index in [0.717, 1.165) is 44.9 Å². The van der Waals surface area contributed by atoms with Crippen molar-refractivity contribution in [2.45, 2.75) is 18.4 Å². The number of rotatable bonds is 3. The van der Waals surface area contributed by atoms with Crippen LogP contribution in [0.5, 0.6) is 0 Å². The predicted molar refractivity (Wildman–Crippen MR) is 114 cm³/mol. The van der Waals surface area contributed by atoms with Crippen LogP contribution in [0.25, 0.3) is 32.8 Å². The molecule has 3 aromatic heterocycles. The van der Waals surface area contributed by atoms with Crippen LogP contribution in [0, 0.1) is 0 Å². The average molecular weight is 378 g/mol. The predicted octanol–water partition coefficient (Wildman–Crippen LogP) is 5.54. The Kier molecular flexibility index (Phi) is 3.47.